The molecule has 0 aliphatic rings. The lowest BCUT2D eigenvalue weighted by molar-refractivity contribution is -0.137. The number of rotatable bonds is 4. The van der Waals surface area contributed by atoms with Crippen LogP contribution < -0.4 is 5.56 Å². The van der Waals surface area contributed by atoms with Gasteiger partial charge in [0.05, 0.1) is 22.6 Å². The zero-order valence-corrected chi connectivity index (χ0v) is 16.0. The van der Waals surface area contributed by atoms with Crippen molar-refractivity contribution in [1.82, 2.24) is 14.9 Å². The average Bonchev–Trinajstić information content (AvgIpc) is 3.08. The van der Waals surface area contributed by atoms with Gasteiger partial charge in [0.1, 0.15) is 10.5 Å². The minimum Gasteiger partial charge on any atom is -0.335 e. The number of nitrogens with one attached hydrogen (secondary N) is 1. The molecule has 1 N–H and O–H groups in total. The van der Waals surface area contributed by atoms with Gasteiger partial charge >= 0.3 is 6.18 Å². The maximum Gasteiger partial charge on any atom is 0.417 e. The molecule has 5 nitrogen and oxygen atoms in total. The summed E-state index contributed by atoms with van der Waals surface area (Å²) in [6, 6.07) is 5.09. The third kappa shape index (κ3) is 4.42. The van der Waals surface area contributed by atoms with E-state index in [1.165, 1.54) is 35.4 Å². The van der Waals surface area contributed by atoms with E-state index >= 15 is 0 Å². The van der Waals surface area contributed by atoms with Gasteiger partial charge in [-0.2, -0.15) is 13.2 Å². The van der Waals surface area contributed by atoms with Crippen LogP contribution >= 0.6 is 22.9 Å². The molecule has 0 spiro atoms. The molecule has 1 aromatic carbocycles. The molecule has 2 aromatic heterocycles. The Kier molecular flexibility index (Phi) is 5.57. The van der Waals surface area contributed by atoms with Gasteiger partial charge in [-0.05, 0) is 35.2 Å². The number of halogens is 4. The number of hydrogen-bond donors (Lipinski definition) is 1. The summed E-state index contributed by atoms with van der Waals surface area (Å²) in [5.74, 6) is -0.150. The molecule has 10 heteroatoms. The number of aromatic amines is 1. The van der Waals surface area contributed by atoms with Gasteiger partial charge in [-0.3, -0.25) is 9.59 Å². The number of benzene rings is 1. The number of thiophene rings is 1. The molecule has 0 saturated carbocycles. The third-order valence-corrected chi connectivity index (χ3v) is 5.07. The summed E-state index contributed by atoms with van der Waals surface area (Å²) in [5.41, 5.74) is -0.527. The van der Waals surface area contributed by atoms with Gasteiger partial charge in [0.2, 0.25) is 5.91 Å². The number of hydrogen-bond acceptors (Lipinski definition) is 4. The molecule has 0 saturated heterocycles. The first-order chi connectivity index (χ1) is 13.1. The van der Waals surface area contributed by atoms with Crippen molar-refractivity contribution in [1.29, 1.82) is 0 Å². The number of amides is 1. The summed E-state index contributed by atoms with van der Waals surface area (Å²) in [7, 11) is 1.49. The Balaban J connectivity index is 1.74. The summed E-state index contributed by atoms with van der Waals surface area (Å²) in [5, 5.41) is 1.34. The molecule has 0 atom stereocenters. The standard InChI is InChI=1S/C18H13ClF3N3O2S/c1-25(9-14-23-13-6-7-28-16(13)17(27)24-14)15(26)5-3-10-2-4-12(19)11(8-10)18(20,21)22/h2-8H,9H2,1H3,(H,23,24,27)/b5-3+. The number of aromatic nitrogens is 2. The minimum atomic E-state index is -4.58. The molecule has 0 radical (unpaired) electrons. The minimum absolute atomic E-state index is 0.0403. The number of nitrogens with zero attached hydrogens (tertiary/aromatic N) is 2. The fourth-order valence-electron chi connectivity index (χ4n) is 2.46. The largest absolute Gasteiger partial charge is 0.417 e. The molecule has 146 valence electrons. The number of fused-ring (bicyclic) bond motifs is 1. The molecule has 0 aliphatic heterocycles. The van der Waals surface area contributed by atoms with Crippen molar-refractivity contribution in [3.63, 3.8) is 0 Å². The van der Waals surface area contributed by atoms with Crippen LogP contribution in [0.1, 0.15) is 17.0 Å². The van der Waals surface area contributed by atoms with E-state index in [1.807, 2.05) is 0 Å². The number of alkyl halides is 3. The maximum absolute atomic E-state index is 12.9. The Morgan fingerprint density at radius 2 is 2.11 bits per heavy atom. The first-order valence-corrected chi connectivity index (χ1v) is 9.17. The predicted molar refractivity (Wildman–Crippen MR) is 102 cm³/mol. The molecule has 1 amide bonds. The monoisotopic (exact) mass is 427 g/mol. The van der Waals surface area contributed by atoms with Crippen LogP contribution in [0.4, 0.5) is 13.2 Å². The van der Waals surface area contributed by atoms with E-state index in [0.29, 0.717) is 16.0 Å². The first kappa shape index (κ1) is 20.1. The molecule has 0 fully saturated rings. The Hall–Kier alpha value is -2.65. The van der Waals surface area contributed by atoms with Crippen LogP contribution in [0.25, 0.3) is 16.3 Å². The highest BCUT2D eigenvalue weighted by Crippen LogP contribution is 2.35. The molecule has 28 heavy (non-hydrogen) atoms. The first-order valence-electron chi connectivity index (χ1n) is 7.91. The van der Waals surface area contributed by atoms with Crippen LogP contribution in [0.3, 0.4) is 0 Å². The van der Waals surface area contributed by atoms with E-state index in [-0.39, 0.29) is 17.7 Å². The lowest BCUT2D eigenvalue weighted by Gasteiger charge is -2.14. The molecule has 3 aromatic rings. The van der Waals surface area contributed by atoms with Crippen molar-refractivity contribution < 1.29 is 18.0 Å². The van der Waals surface area contributed by atoms with E-state index in [2.05, 4.69) is 9.97 Å². The Bertz CT molecular complexity index is 1120. The normalized spacial score (nSPS) is 12.0. The maximum atomic E-state index is 12.9. The second-order valence-electron chi connectivity index (χ2n) is 5.91. The predicted octanol–water partition coefficient (Wildman–Crippen LogP) is 4.33. The lowest BCUT2D eigenvalue weighted by atomic mass is 10.1. The summed E-state index contributed by atoms with van der Waals surface area (Å²) >= 11 is 6.85. The van der Waals surface area contributed by atoms with E-state index in [0.717, 1.165) is 18.2 Å². The summed E-state index contributed by atoms with van der Waals surface area (Å²) in [4.78, 5) is 32.4. The van der Waals surface area contributed by atoms with Gasteiger partial charge in [-0.25, -0.2) is 4.98 Å². The Morgan fingerprint density at radius 3 is 2.82 bits per heavy atom. The molecular weight excluding hydrogens is 415 g/mol. The molecule has 0 bridgehead atoms. The quantitative estimate of drug-likeness (QED) is 0.630. The average molecular weight is 428 g/mol. The van der Waals surface area contributed by atoms with Crippen molar-refractivity contribution >= 4 is 45.1 Å². The van der Waals surface area contributed by atoms with Crippen LogP contribution in [-0.4, -0.2) is 27.8 Å². The second kappa shape index (κ2) is 7.76. The van der Waals surface area contributed by atoms with Gasteiger partial charge in [0, 0.05) is 13.1 Å². The molecule has 0 unspecified atom stereocenters. The SMILES string of the molecule is CN(Cc1nc2ccsc2c(=O)[nH]1)C(=O)/C=C/c1ccc(Cl)c(C(F)(F)F)c1. The third-order valence-electron chi connectivity index (χ3n) is 3.84. The second-order valence-corrected chi connectivity index (χ2v) is 7.24. The Labute approximate surface area is 166 Å². The topological polar surface area (TPSA) is 66.1 Å². The summed E-state index contributed by atoms with van der Waals surface area (Å²) < 4.78 is 39.2. The van der Waals surface area contributed by atoms with Gasteiger partial charge in [-0.1, -0.05) is 17.7 Å². The number of H-pyrrole nitrogens is 1. The number of likely N-dealkylation sites (N-methyl/N-ethyl adjacent to an activating group) is 1. The van der Waals surface area contributed by atoms with Crippen LogP contribution in [0.15, 0.2) is 40.5 Å². The smallest absolute Gasteiger partial charge is 0.335 e. The molecule has 2 heterocycles. The van der Waals surface area contributed by atoms with E-state index in [1.54, 1.807) is 11.4 Å². The van der Waals surface area contributed by atoms with Crippen molar-refractivity contribution in [3.8, 4) is 0 Å². The van der Waals surface area contributed by atoms with Crippen LogP contribution in [0, 0.1) is 0 Å². The Morgan fingerprint density at radius 1 is 1.36 bits per heavy atom. The van der Waals surface area contributed by atoms with E-state index in [4.69, 9.17) is 11.6 Å². The van der Waals surface area contributed by atoms with Crippen molar-refractivity contribution in [3.05, 3.63) is 68.0 Å². The van der Waals surface area contributed by atoms with Gasteiger partial charge in [0.25, 0.3) is 5.56 Å². The molecule has 0 aliphatic carbocycles. The van der Waals surface area contributed by atoms with Crippen molar-refractivity contribution in [2.24, 2.45) is 0 Å². The number of carbonyl (C=O) groups is 1. The molecule has 3 rings (SSSR count). The zero-order valence-electron chi connectivity index (χ0n) is 14.4. The van der Waals surface area contributed by atoms with Gasteiger partial charge in [0.15, 0.2) is 0 Å². The fourth-order valence-corrected chi connectivity index (χ4v) is 3.41. The van der Waals surface area contributed by atoms with E-state index < -0.39 is 22.7 Å². The van der Waals surface area contributed by atoms with Crippen LogP contribution in [-0.2, 0) is 17.5 Å². The fraction of sp³-hybridized carbons (Fsp3) is 0.167. The highest BCUT2D eigenvalue weighted by Gasteiger charge is 2.33. The summed E-state index contributed by atoms with van der Waals surface area (Å²) in [6.07, 6.45) is -2.17. The lowest BCUT2D eigenvalue weighted by Crippen LogP contribution is -2.26. The highest BCUT2D eigenvalue weighted by atomic mass is 35.5. The van der Waals surface area contributed by atoms with Gasteiger partial charge in [-0.15, -0.1) is 11.3 Å². The van der Waals surface area contributed by atoms with E-state index in [9.17, 15) is 22.8 Å². The van der Waals surface area contributed by atoms with Crippen LogP contribution in [0.2, 0.25) is 5.02 Å². The molecular formula is C18H13ClF3N3O2S. The number of carbonyl (C=O) groups excluding carboxylic acids is 1. The highest BCUT2D eigenvalue weighted by molar-refractivity contribution is 7.17. The zero-order chi connectivity index (χ0) is 20.5. The van der Waals surface area contributed by atoms with Crippen molar-refractivity contribution in [2.45, 2.75) is 12.7 Å². The van der Waals surface area contributed by atoms with Gasteiger partial charge < -0.3 is 9.88 Å². The summed E-state index contributed by atoms with van der Waals surface area (Å²) in [6.45, 7) is 0.0403. The van der Waals surface area contributed by atoms with Crippen LogP contribution in [0.5, 0.6) is 0 Å². The van der Waals surface area contributed by atoms with Crippen molar-refractivity contribution in [2.75, 3.05) is 7.05 Å².